The maximum atomic E-state index is 12.8. The van der Waals surface area contributed by atoms with Crippen molar-refractivity contribution in [3.8, 4) is 0 Å². The first kappa shape index (κ1) is 18.0. The first-order chi connectivity index (χ1) is 12.1. The van der Waals surface area contributed by atoms with Gasteiger partial charge in [0.1, 0.15) is 11.4 Å². The van der Waals surface area contributed by atoms with E-state index in [9.17, 15) is 14.7 Å². The van der Waals surface area contributed by atoms with Crippen LogP contribution in [0, 0.1) is 18.8 Å². The van der Waals surface area contributed by atoms with Crippen LogP contribution in [-0.2, 0) is 4.74 Å². The molecule has 2 N–H and O–H groups in total. The number of aryl methyl sites for hydroxylation is 1. The Labute approximate surface area is 146 Å². The fourth-order valence-corrected chi connectivity index (χ4v) is 3.70. The molecule has 0 aromatic carbocycles. The van der Waals surface area contributed by atoms with Crippen LogP contribution in [0.2, 0.25) is 0 Å². The number of carbonyl (C=O) groups excluding carboxylic acids is 1. The monoisotopic (exact) mass is 350 g/mol. The molecule has 1 aromatic rings. The molecule has 0 aliphatic carbocycles. The first-order valence-corrected chi connectivity index (χ1v) is 8.83. The second-order valence-corrected chi connectivity index (χ2v) is 6.98. The van der Waals surface area contributed by atoms with Crippen LogP contribution in [-0.4, -0.2) is 83.3 Å². The summed E-state index contributed by atoms with van der Waals surface area (Å²) in [6, 6.07) is 0. The Balaban J connectivity index is 1.70. The van der Waals surface area contributed by atoms with E-state index in [4.69, 9.17) is 4.74 Å². The van der Waals surface area contributed by atoms with Crippen molar-refractivity contribution >= 4 is 5.91 Å². The number of aliphatic hydroxyl groups excluding tert-OH is 1. The number of rotatable bonds is 4. The second-order valence-electron chi connectivity index (χ2n) is 6.98. The fraction of sp³-hybridized carbons (Fsp3) is 0.706. The molecule has 1 amide bonds. The van der Waals surface area contributed by atoms with Gasteiger partial charge >= 0.3 is 0 Å². The van der Waals surface area contributed by atoms with Crippen LogP contribution in [0.1, 0.15) is 22.6 Å². The van der Waals surface area contributed by atoms with Gasteiger partial charge in [0.05, 0.1) is 13.2 Å². The smallest absolute Gasteiger partial charge is 0.263 e. The van der Waals surface area contributed by atoms with E-state index >= 15 is 0 Å². The molecule has 2 atom stereocenters. The molecule has 25 heavy (non-hydrogen) atoms. The van der Waals surface area contributed by atoms with Gasteiger partial charge in [-0.15, -0.1) is 0 Å². The van der Waals surface area contributed by atoms with E-state index in [1.165, 1.54) is 6.20 Å². The van der Waals surface area contributed by atoms with Gasteiger partial charge in [-0.2, -0.15) is 0 Å². The highest BCUT2D eigenvalue weighted by Gasteiger charge is 2.32. The summed E-state index contributed by atoms with van der Waals surface area (Å²) in [7, 11) is 0. The zero-order valence-electron chi connectivity index (χ0n) is 14.6. The fourth-order valence-electron chi connectivity index (χ4n) is 3.70. The quantitative estimate of drug-likeness (QED) is 0.758. The van der Waals surface area contributed by atoms with Gasteiger partial charge in [-0.05, 0) is 25.2 Å². The molecule has 3 heterocycles. The van der Waals surface area contributed by atoms with Gasteiger partial charge in [0.25, 0.3) is 11.5 Å². The summed E-state index contributed by atoms with van der Waals surface area (Å²) < 4.78 is 5.38. The van der Waals surface area contributed by atoms with Crippen molar-refractivity contribution in [2.24, 2.45) is 11.8 Å². The van der Waals surface area contributed by atoms with Gasteiger partial charge in [0.15, 0.2) is 0 Å². The Morgan fingerprint density at radius 2 is 2.08 bits per heavy atom. The predicted molar refractivity (Wildman–Crippen MR) is 91.4 cm³/mol. The molecule has 8 nitrogen and oxygen atoms in total. The Hall–Kier alpha value is -1.77. The van der Waals surface area contributed by atoms with Gasteiger partial charge < -0.3 is 19.7 Å². The Morgan fingerprint density at radius 3 is 2.76 bits per heavy atom. The number of likely N-dealkylation sites (tertiary alicyclic amines) is 1. The number of nitrogens with zero attached hydrogens (tertiary/aromatic N) is 3. The molecule has 1 aromatic heterocycles. The molecule has 0 radical (unpaired) electrons. The van der Waals surface area contributed by atoms with Crippen molar-refractivity contribution in [2.75, 3.05) is 52.5 Å². The molecule has 2 aliphatic heterocycles. The molecule has 2 fully saturated rings. The van der Waals surface area contributed by atoms with Crippen molar-refractivity contribution in [1.29, 1.82) is 0 Å². The van der Waals surface area contributed by atoms with Crippen molar-refractivity contribution < 1.29 is 14.6 Å². The molecule has 3 rings (SSSR count). The zero-order chi connectivity index (χ0) is 17.8. The number of aromatic nitrogens is 2. The highest BCUT2D eigenvalue weighted by Crippen LogP contribution is 2.24. The summed E-state index contributed by atoms with van der Waals surface area (Å²) in [6.45, 7) is 6.95. The van der Waals surface area contributed by atoms with Crippen LogP contribution < -0.4 is 5.56 Å². The van der Waals surface area contributed by atoms with Gasteiger partial charge in [0, 0.05) is 45.5 Å². The summed E-state index contributed by atoms with van der Waals surface area (Å²) in [6.07, 6.45) is 2.23. The molecule has 0 unspecified atom stereocenters. The van der Waals surface area contributed by atoms with E-state index in [0.29, 0.717) is 18.9 Å². The average molecular weight is 350 g/mol. The highest BCUT2D eigenvalue weighted by atomic mass is 16.5. The Morgan fingerprint density at radius 1 is 1.36 bits per heavy atom. The Bertz CT molecular complexity index is 656. The lowest BCUT2D eigenvalue weighted by Gasteiger charge is -2.39. The van der Waals surface area contributed by atoms with E-state index in [1.807, 2.05) is 0 Å². The molecular weight excluding hydrogens is 324 g/mol. The summed E-state index contributed by atoms with van der Waals surface area (Å²) >= 11 is 0. The lowest BCUT2D eigenvalue weighted by molar-refractivity contribution is 0.0129. The van der Waals surface area contributed by atoms with Crippen LogP contribution >= 0.6 is 0 Å². The minimum Gasteiger partial charge on any atom is -0.396 e. The number of carbonyl (C=O) groups is 1. The van der Waals surface area contributed by atoms with Crippen molar-refractivity contribution in [1.82, 2.24) is 19.8 Å². The zero-order valence-corrected chi connectivity index (χ0v) is 14.6. The van der Waals surface area contributed by atoms with Crippen molar-refractivity contribution in [3.05, 3.63) is 27.9 Å². The maximum absolute atomic E-state index is 12.8. The second kappa shape index (κ2) is 8.07. The molecule has 2 saturated heterocycles. The van der Waals surface area contributed by atoms with Gasteiger partial charge in [-0.25, -0.2) is 4.98 Å². The number of hydrogen-bond acceptors (Lipinski definition) is 6. The maximum Gasteiger partial charge on any atom is 0.263 e. The number of aromatic amines is 1. The average Bonchev–Trinajstić information content (AvgIpc) is 2.62. The van der Waals surface area contributed by atoms with Crippen LogP contribution in [0.3, 0.4) is 0 Å². The molecule has 138 valence electrons. The van der Waals surface area contributed by atoms with E-state index in [1.54, 1.807) is 11.8 Å². The molecule has 0 bridgehead atoms. The lowest BCUT2D eigenvalue weighted by Crippen LogP contribution is -2.50. The number of H-pyrrole nitrogens is 1. The number of aliphatic hydroxyl groups is 1. The van der Waals surface area contributed by atoms with Crippen molar-refractivity contribution in [2.45, 2.75) is 13.3 Å². The molecular formula is C17H26N4O4. The normalized spacial score (nSPS) is 25.1. The number of hydrogen-bond donors (Lipinski definition) is 2. The summed E-state index contributed by atoms with van der Waals surface area (Å²) in [5, 5.41) is 9.62. The third-order valence-corrected chi connectivity index (χ3v) is 4.95. The van der Waals surface area contributed by atoms with E-state index in [-0.39, 0.29) is 29.9 Å². The van der Waals surface area contributed by atoms with Crippen molar-refractivity contribution in [3.63, 3.8) is 0 Å². The summed E-state index contributed by atoms with van der Waals surface area (Å²) in [4.78, 5) is 35.5. The topological polar surface area (TPSA) is 98.8 Å². The molecule has 2 aliphatic rings. The summed E-state index contributed by atoms with van der Waals surface area (Å²) in [5.41, 5.74) is -0.345. The molecule has 0 saturated carbocycles. The number of nitrogens with one attached hydrogen (secondary N) is 1. The Kier molecular flexibility index (Phi) is 5.82. The minimum absolute atomic E-state index is 0.0428. The first-order valence-electron chi connectivity index (χ1n) is 8.83. The van der Waals surface area contributed by atoms with Crippen LogP contribution in [0.5, 0.6) is 0 Å². The van der Waals surface area contributed by atoms with Gasteiger partial charge in [-0.3, -0.25) is 14.5 Å². The number of ether oxygens (including phenoxy) is 1. The third-order valence-electron chi connectivity index (χ3n) is 4.95. The number of piperidine rings is 1. The number of amides is 1. The van der Waals surface area contributed by atoms with Crippen LogP contribution in [0.25, 0.3) is 0 Å². The number of morpholine rings is 1. The van der Waals surface area contributed by atoms with E-state index < -0.39 is 5.56 Å². The molecule has 0 spiro atoms. The predicted octanol–water partition coefficient (Wildman–Crippen LogP) is -0.519. The third kappa shape index (κ3) is 4.45. The molecule has 8 heteroatoms. The van der Waals surface area contributed by atoms with E-state index in [0.717, 1.165) is 39.3 Å². The van der Waals surface area contributed by atoms with Gasteiger partial charge in [-0.1, -0.05) is 0 Å². The highest BCUT2D eigenvalue weighted by molar-refractivity contribution is 5.93. The largest absolute Gasteiger partial charge is 0.396 e. The van der Waals surface area contributed by atoms with Crippen LogP contribution in [0.4, 0.5) is 0 Å². The SMILES string of the molecule is Cc1ncc(C(=O)N2C[C@@H](CO)C[C@@H](CN3CCOCC3)C2)c(=O)[nH]1. The van der Waals surface area contributed by atoms with Crippen LogP contribution in [0.15, 0.2) is 11.0 Å². The lowest BCUT2D eigenvalue weighted by atomic mass is 9.88. The summed E-state index contributed by atoms with van der Waals surface area (Å²) in [5.74, 6) is 0.504. The minimum atomic E-state index is -0.409. The van der Waals surface area contributed by atoms with Gasteiger partial charge in [0.2, 0.25) is 0 Å². The van der Waals surface area contributed by atoms with E-state index in [2.05, 4.69) is 14.9 Å². The standard InChI is InChI=1S/C17H26N4O4/c1-12-18-7-15(16(23)19-12)17(24)21-9-13(6-14(10-21)11-22)8-20-2-4-25-5-3-20/h7,13-14,22H,2-6,8-11H2,1H3,(H,18,19,23)/t13-,14-/m0/s1.